The van der Waals surface area contributed by atoms with Gasteiger partial charge in [-0.3, -0.25) is 0 Å². The van der Waals surface area contributed by atoms with Crippen molar-refractivity contribution >= 4 is 32.6 Å². The lowest BCUT2D eigenvalue weighted by molar-refractivity contribution is 0.176. The third kappa shape index (κ3) is 4.62. The number of sulfonamides is 1. The normalized spacial score (nSPS) is 19.3. The topological polar surface area (TPSA) is 58.6 Å². The van der Waals surface area contributed by atoms with Gasteiger partial charge in [-0.1, -0.05) is 0 Å². The van der Waals surface area contributed by atoms with Crippen molar-refractivity contribution in [2.75, 3.05) is 33.4 Å². The van der Waals surface area contributed by atoms with Crippen LogP contribution in [0.25, 0.3) is 0 Å². The minimum Gasteiger partial charge on any atom is -0.383 e. The lowest BCUT2D eigenvalue weighted by Crippen LogP contribution is -2.42. The first-order chi connectivity index (χ1) is 10.0. The van der Waals surface area contributed by atoms with Crippen molar-refractivity contribution in [2.45, 2.75) is 23.8 Å². The van der Waals surface area contributed by atoms with Gasteiger partial charge in [0.15, 0.2) is 0 Å². The molecule has 0 aliphatic carbocycles. The lowest BCUT2D eigenvalue weighted by Gasteiger charge is -2.25. The molecule has 1 aliphatic rings. The first kappa shape index (κ1) is 17.1. The summed E-state index contributed by atoms with van der Waals surface area (Å²) in [6.45, 7) is 2.24. The summed E-state index contributed by atoms with van der Waals surface area (Å²) in [6.07, 6.45) is 2.12. The van der Waals surface area contributed by atoms with E-state index >= 15 is 0 Å². The predicted molar refractivity (Wildman–Crippen MR) is 90.8 cm³/mol. The molecular formula is C14H21IN2O3S. The van der Waals surface area contributed by atoms with Crippen LogP contribution in [0, 0.1) is 3.57 Å². The second kappa shape index (κ2) is 7.87. The quantitative estimate of drug-likeness (QED) is 0.677. The van der Waals surface area contributed by atoms with Crippen LogP contribution >= 0.6 is 22.6 Å². The zero-order valence-electron chi connectivity index (χ0n) is 12.1. The van der Waals surface area contributed by atoms with Gasteiger partial charge in [-0.05, 0) is 66.2 Å². The van der Waals surface area contributed by atoms with E-state index in [2.05, 4.69) is 27.9 Å². The van der Waals surface area contributed by atoms with Crippen molar-refractivity contribution in [1.82, 2.24) is 9.62 Å². The molecule has 1 aromatic rings. The Kier molecular flexibility index (Phi) is 6.42. The van der Waals surface area contributed by atoms with Gasteiger partial charge >= 0.3 is 0 Å². The van der Waals surface area contributed by atoms with Gasteiger partial charge in [0, 0.05) is 29.8 Å². The van der Waals surface area contributed by atoms with E-state index < -0.39 is 10.0 Å². The van der Waals surface area contributed by atoms with Crippen molar-refractivity contribution in [1.29, 1.82) is 0 Å². The Morgan fingerprint density at radius 2 is 2.10 bits per heavy atom. The second-order valence-electron chi connectivity index (χ2n) is 5.10. The number of hydrogen-bond donors (Lipinski definition) is 1. The number of rotatable bonds is 7. The SMILES string of the molecule is COCCN(CC1CCCN1)S(=O)(=O)c1ccc(I)cc1. The van der Waals surface area contributed by atoms with E-state index in [9.17, 15) is 8.42 Å². The van der Waals surface area contributed by atoms with Crippen molar-refractivity contribution < 1.29 is 13.2 Å². The molecule has 0 saturated carbocycles. The fraction of sp³-hybridized carbons (Fsp3) is 0.571. The van der Waals surface area contributed by atoms with Gasteiger partial charge in [0.1, 0.15) is 0 Å². The second-order valence-corrected chi connectivity index (χ2v) is 8.29. The molecule has 1 aliphatic heterocycles. The maximum atomic E-state index is 12.8. The third-order valence-corrected chi connectivity index (χ3v) is 6.18. The Labute approximate surface area is 140 Å². The summed E-state index contributed by atoms with van der Waals surface area (Å²) in [5.74, 6) is 0. The van der Waals surface area contributed by atoms with E-state index in [4.69, 9.17) is 4.74 Å². The summed E-state index contributed by atoms with van der Waals surface area (Å²) >= 11 is 2.17. The van der Waals surface area contributed by atoms with Gasteiger partial charge < -0.3 is 10.1 Å². The highest BCUT2D eigenvalue weighted by Crippen LogP contribution is 2.19. The first-order valence-corrected chi connectivity index (χ1v) is 9.54. The Hall–Kier alpha value is -0.220. The molecule has 1 unspecified atom stereocenters. The van der Waals surface area contributed by atoms with E-state index in [0.29, 0.717) is 24.6 Å². The summed E-state index contributed by atoms with van der Waals surface area (Å²) in [5.41, 5.74) is 0. The zero-order valence-corrected chi connectivity index (χ0v) is 15.1. The van der Waals surface area contributed by atoms with Gasteiger partial charge in [-0.15, -0.1) is 0 Å². The fourth-order valence-corrected chi connectivity index (χ4v) is 4.25. The number of methoxy groups -OCH3 is 1. The monoisotopic (exact) mass is 424 g/mol. The molecule has 0 amide bonds. The summed E-state index contributed by atoms with van der Waals surface area (Å²) in [6, 6.07) is 7.20. The molecule has 1 saturated heterocycles. The molecule has 1 heterocycles. The number of nitrogens with zero attached hydrogens (tertiary/aromatic N) is 1. The highest BCUT2D eigenvalue weighted by atomic mass is 127. The van der Waals surface area contributed by atoms with E-state index in [0.717, 1.165) is 23.0 Å². The maximum Gasteiger partial charge on any atom is 0.243 e. The molecule has 0 aromatic heterocycles. The van der Waals surface area contributed by atoms with Gasteiger partial charge in [0.25, 0.3) is 0 Å². The predicted octanol–water partition coefficient (Wildman–Crippen LogP) is 1.68. The molecule has 0 radical (unpaired) electrons. The van der Waals surface area contributed by atoms with Gasteiger partial charge in [-0.25, -0.2) is 8.42 Å². The zero-order chi connectivity index (χ0) is 15.3. The molecule has 1 atom stereocenters. The average Bonchev–Trinajstić information content (AvgIpc) is 2.96. The van der Waals surface area contributed by atoms with Crippen molar-refractivity contribution in [3.8, 4) is 0 Å². The van der Waals surface area contributed by atoms with Crippen molar-refractivity contribution in [3.63, 3.8) is 0 Å². The fourth-order valence-electron chi connectivity index (χ4n) is 2.42. The lowest BCUT2D eigenvalue weighted by atomic mass is 10.2. The van der Waals surface area contributed by atoms with E-state index in [1.54, 1.807) is 19.2 Å². The number of benzene rings is 1. The number of halogens is 1. The maximum absolute atomic E-state index is 12.8. The van der Waals surface area contributed by atoms with E-state index in [1.165, 1.54) is 4.31 Å². The van der Waals surface area contributed by atoms with E-state index in [1.807, 2.05) is 12.1 Å². The highest BCUT2D eigenvalue weighted by molar-refractivity contribution is 14.1. The molecule has 7 heteroatoms. The molecule has 1 fully saturated rings. The smallest absolute Gasteiger partial charge is 0.243 e. The minimum absolute atomic E-state index is 0.237. The van der Waals surface area contributed by atoms with Crippen LogP contribution in [0.15, 0.2) is 29.2 Å². The Morgan fingerprint density at radius 3 is 2.67 bits per heavy atom. The first-order valence-electron chi connectivity index (χ1n) is 7.02. The van der Waals surface area contributed by atoms with Crippen LogP contribution in [0.4, 0.5) is 0 Å². The van der Waals surface area contributed by atoms with Gasteiger partial charge in [-0.2, -0.15) is 4.31 Å². The van der Waals surface area contributed by atoms with Crippen LogP contribution < -0.4 is 5.32 Å². The molecule has 0 bridgehead atoms. The number of hydrogen-bond acceptors (Lipinski definition) is 4. The van der Waals surface area contributed by atoms with Gasteiger partial charge in [0.05, 0.1) is 11.5 Å². The Bertz CT molecular complexity index is 542. The average molecular weight is 424 g/mol. The van der Waals surface area contributed by atoms with Gasteiger partial charge in [0.2, 0.25) is 10.0 Å². The van der Waals surface area contributed by atoms with Crippen molar-refractivity contribution in [3.05, 3.63) is 27.8 Å². The van der Waals surface area contributed by atoms with Crippen LogP contribution in [0.1, 0.15) is 12.8 Å². The van der Waals surface area contributed by atoms with Crippen molar-refractivity contribution in [2.24, 2.45) is 0 Å². The summed E-state index contributed by atoms with van der Waals surface area (Å²) in [4.78, 5) is 0.344. The summed E-state index contributed by atoms with van der Waals surface area (Å²) in [5, 5.41) is 3.35. The highest BCUT2D eigenvalue weighted by Gasteiger charge is 2.28. The Morgan fingerprint density at radius 1 is 1.38 bits per heavy atom. The molecule has 118 valence electrons. The van der Waals surface area contributed by atoms with Crippen LogP contribution in [0.5, 0.6) is 0 Å². The molecular weight excluding hydrogens is 403 g/mol. The molecule has 2 rings (SSSR count). The molecule has 5 nitrogen and oxygen atoms in total. The minimum atomic E-state index is -3.47. The van der Waals surface area contributed by atoms with Crippen LogP contribution in [0.3, 0.4) is 0 Å². The Balaban J connectivity index is 2.18. The molecule has 21 heavy (non-hydrogen) atoms. The summed E-state index contributed by atoms with van der Waals surface area (Å²) < 4.78 is 33.2. The molecule has 1 aromatic carbocycles. The summed E-state index contributed by atoms with van der Waals surface area (Å²) in [7, 11) is -1.88. The van der Waals surface area contributed by atoms with E-state index in [-0.39, 0.29) is 6.04 Å². The third-order valence-electron chi connectivity index (χ3n) is 3.58. The molecule has 1 N–H and O–H groups in total. The largest absolute Gasteiger partial charge is 0.383 e. The van der Waals surface area contributed by atoms with Crippen LogP contribution in [0.2, 0.25) is 0 Å². The number of nitrogens with one attached hydrogen (secondary N) is 1. The van der Waals surface area contributed by atoms with Crippen LogP contribution in [-0.2, 0) is 14.8 Å². The standard InChI is InChI=1S/C14H21IN2O3S/c1-20-10-9-17(11-13-3-2-8-16-13)21(18,19)14-6-4-12(15)5-7-14/h4-7,13,16H,2-3,8-11H2,1H3. The number of ether oxygens (including phenoxy) is 1. The molecule has 0 spiro atoms. The van der Waals surface area contributed by atoms with Crippen LogP contribution in [-0.4, -0.2) is 52.1 Å².